The summed E-state index contributed by atoms with van der Waals surface area (Å²) in [7, 11) is 0. The fourth-order valence-electron chi connectivity index (χ4n) is 1.39. The van der Waals surface area contributed by atoms with Crippen LogP contribution in [-0.2, 0) is 9.59 Å². The van der Waals surface area contributed by atoms with Gasteiger partial charge in [-0.1, -0.05) is 13.8 Å². The van der Waals surface area contributed by atoms with Gasteiger partial charge in [0.05, 0.1) is 0 Å². The highest BCUT2D eigenvalue weighted by Crippen LogP contribution is 2.08. The Bertz CT molecular complexity index is 252. The van der Waals surface area contributed by atoms with Crippen LogP contribution < -0.4 is 16.4 Å². The van der Waals surface area contributed by atoms with Crippen molar-refractivity contribution in [1.82, 2.24) is 10.6 Å². The van der Waals surface area contributed by atoms with Gasteiger partial charge in [0.1, 0.15) is 0 Å². The minimum Gasteiger partial charge on any atom is -0.370 e. The molecule has 94 valence electrons. The van der Waals surface area contributed by atoms with Crippen molar-refractivity contribution in [2.24, 2.45) is 11.7 Å². The molecule has 0 fully saturated rings. The van der Waals surface area contributed by atoms with Crippen molar-refractivity contribution in [2.45, 2.75) is 39.7 Å². The van der Waals surface area contributed by atoms with Crippen LogP contribution in [0.1, 0.15) is 34.1 Å². The third-order valence-corrected chi connectivity index (χ3v) is 2.23. The second-order valence-electron chi connectivity index (χ2n) is 4.72. The fraction of sp³-hybridized carbons (Fsp3) is 0.818. The van der Waals surface area contributed by atoms with Gasteiger partial charge in [-0.25, -0.2) is 0 Å². The standard InChI is InChI=1S/C11H23N3O2/c1-5-13-7-8(2)10(16)14-11(3,4)6-9(12)15/h8,13H,5-7H2,1-4H3,(H2,12,15)(H,14,16). The van der Waals surface area contributed by atoms with E-state index in [4.69, 9.17) is 5.73 Å². The molecule has 0 aromatic rings. The lowest BCUT2D eigenvalue weighted by atomic mass is 9.99. The minimum absolute atomic E-state index is 0.0628. The minimum atomic E-state index is -0.580. The molecule has 16 heavy (non-hydrogen) atoms. The number of nitrogens with one attached hydrogen (secondary N) is 2. The van der Waals surface area contributed by atoms with Gasteiger partial charge in [-0.15, -0.1) is 0 Å². The van der Waals surface area contributed by atoms with E-state index in [1.54, 1.807) is 13.8 Å². The van der Waals surface area contributed by atoms with Gasteiger partial charge in [0, 0.05) is 24.4 Å². The quantitative estimate of drug-likeness (QED) is 0.574. The summed E-state index contributed by atoms with van der Waals surface area (Å²) >= 11 is 0. The maximum atomic E-state index is 11.7. The van der Waals surface area contributed by atoms with Crippen LogP contribution in [0.25, 0.3) is 0 Å². The van der Waals surface area contributed by atoms with Crippen LogP contribution in [0.4, 0.5) is 0 Å². The average Bonchev–Trinajstić information content (AvgIpc) is 2.10. The van der Waals surface area contributed by atoms with E-state index in [0.717, 1.165) is 6.54 Å². The van der Waals surface area contributed by atoms with Crippen molar-refractivity contribution in [2.75, 3.05) is 13.1 Å². The van der Waals surface area contributed by atoms with Gasteiger partial charge in [-0.2, -0.15) is 0 Å². The molecule has 0 aliphatic rings. The Labute approximate surface area is 97.2 Å². The molecule has 0 radical (unpaired) electrons. The van der Waals surface area contributed by atoms with Gasteiger partial charge in [-0.3, -0.25) is 9.59 Å². The summed E-state index contributed by atoms with van der Waals surface area (Å²) in [6.45, 7) is 8.88. The zero-order valence-electron chi connectivity index (χ0n) is 10.6. The van der Waals surface area contributed by atoms with Crippen molar-refractivity contribution >= 4 is 11.8 Å². The zero-order chi connectivity index (χ0) is 12.8. The molecular formula is C11H23N3O2. The Balaban J connectivity index is 4.15. The van der Waals surface area contributed by atoms with E-state index in [0.29, 0.717) is 6.54 Å². The van der Waals surface area contributed by atoms with Crippen molar-refractivity contribution < 1.29 is 9.59 Å². The van der Waals surface area contributed by atoms with Crippen molar-refractivity contribution in [3.63, 3.8) is 0 Å². The van der Waals surface area contributed by atoms with E-state index in [1.807, 2.05) is 13.8 Å². The van der Waals surface area contributed by atoms with Crippen LogP contribution in [0.3, 0.4) is 0 Å². The molecule has 0 bridgehead atoms. The Hall–Kier alpha value is -1.10. The SMILES string of the molecule is CCNCC(C)C(=O)NC(C)(C)CC(N)=O. The zero-order valence-corrected chi connectivity index (χ0v) is 10.6. The molecule has 2 amide bonds. The fourth-order valence-corrected chi connectivity index (χ4v) is 1.39. The van der Waals surface area contributed by atoms with Crippen LogP contribution >= 0.6 is 0 Å². The predicted octanol–water partition coefficient (Wildman–Crippen LogP) is 0.00220. The Morgan fingerprint density at radius 2 is 1.94 bits per heavy atom. The maximum absolute atomic E-state index is 11.7. The highest BCUT2D eigenvalue weighted by Gasteiger charge is 2.24. The molecule has 0 aromatic carbocycles. The molecule has 0 aliphatic heterocycles. The molecule has 0 heterocycles. The van der Waals surface area contributed by atoms with Crippen LogP contribution in [-0.4, -0.2) is 30.4 Å². The predicted molar refractivity (Wildman–Crippen MR) is 63.7 cm³/mol. The summed E-state index contributed by atoms with van der Waals surface area (Å²) in [5.74, 6) is -0.594. The van der Waals surface area contributed by atoms with E-state index in [1.165, 1.54) is 0 Å². The number of primary amides is 1. The van der Waals surface area contributed by atoms with Crippen LogP contribution in [0, 0.1) is 5.92 Å². The summed E-state index contributed by atoms with van der Waals surface area (Å²) in [5, 5.41) is 5.92. The molecule has 1 atom stereocenters. The molecular weight excluding hydrogens is 206 g/mol. The lowest BCUT2D eigenvalue weighted by Crippen LogP contribution is -2.49. The van der Waals surface area contributed by atoms with Gasteiger partial charge >= 0.3 is 0 Å². The first-order valence-electron chi connectivity index (χ1n) is 5.59. The Morgan fingerprint density at radius 1 is 1.38 bits per heavy atom. The molecule has 0 saturated carbocycles. The molecule has 0 saturated heterocycles. The second kappa shape index (κ2) is 6.48. The first kappa shape index (κ1) is 14.9. The number of carbonyl (C=O) groups excluding carboxylic acids is 2. The first-order chi connectivity index (χ1) is 7.28. The monoisotopic (exact) mass is 229 g/mol. The maximum Gasteiger partial charge on any atom is 0.224 e. The van der Waals surface area contributed by atoms with Crippen LogP contribution in [0.15, 0.2) is 0 Å². The van der Waals surface area contributed by atoms with E-state index < -0.39 is 11.4 Å². The average molecular weight is 229 g/mol. The molecule has 0 rings (SSSR count). The largest absolute Gasteiger partial charge is 0.370 e. The molecule has 4 N–H and O–H groups in total. The number of nitrogens with two attached hydrogens (primary N) is 1. The number of hydrogen-bond acceptors (Lipinski definition) is 3. The van der Waals surface area contributed by atoms with E-state index in [2.05, 4.69) is 10.6 Å². The van der Waals surface area contributed by atoms with Crippen molar-refractivity contribution in [3.05, 3.63) is 0 Å². The molecule has 0 aliphatic carbocycles. The number of hydrogen-bond donors (Lipinski definition) is 3. The third kappa shape index (κ3) is 6.40. The molecule has 1 unspecified atom stereocenters. The van der Waals surface area contributed by atoms with E-state index >= 15 is 0 Å². The number of carbonyl (C=O) groups is 2. The lowest BCUT2D eigenvalue weighted by Gasteiger charge is -2.26. The molecule has 0 spiro atoms. The van der Waals surface area contributed by atoms with Crippen LogP contribution in [0.2, 0.25) is 0 Å². The topological polar surface area (TPSA) is 84.2 Å². The molecule has 0 aromatic heterocycles. The first-order valence-corrected chi connectivity index (χ1v) is 5.59. The summed E-state index contributed by atoms with van der Waals surface area (Å²) in [4.78, 5) is 22.5. The molecule has 5 heteroatoms. The summed E-state index contributed by atoms with van der Waals surface area (Å²) in [6, 6.07) is 0. The van der Waals surface area contributed by atoms with E-state index in [-0.39, 0.29) is 18.2 Å². The van der Waals surface area contributed by atoms with Gasteiger partial charge < -0.3 is 16.4 Å². The molecule has 5 nitrogen and oxygen atoms in total. The summed E-state index contributed by atoms with van der Waals surface area (Å²) < 4.78 is 0. The van der Waals surface area contributed by atoms with Crippen molar-refractivity contribution in [3.8, 4) is 0 Å². The third-order valence-electron chi connectivity index (χ3n) is 2.23. The normalized spacial score (nSPS) is 13.2. The van der Waals surface area contributed by atoms with E-state index in [9.17, 15) is 9.59 Å². The second-order valence-corrected chi connectivity index (χ2v) is 4.72. The number of rotatable bonds is 7. The van der Waals surface area contributed by atoms with Gasteiger partial charge in [0.2, 0.25) is 11.8 Å². The van der Waals surface area contributed by atoms with Gasteiger partial charge in [0.15, 0.2) is 0 Å². The van der Waals surface area contributed by atoms with Gasteiger partial charge in [0.25, 0.3) is 0 Å². The Kier molecular flexibility index (Phi) is 6.03. The summed E-state index contributed by atoms with van der Waals surface area (Å²) in [6.07, 6.45) is 0.146. The highest BCUT2D eigenvalue weighted by molar-refractivity contribution is 5.81. The smallest absolute Gasteiger partial charge is 0.224 e. The van der Waals surface area contributed by atoms with Crippen LogP contribution in [0.5, 0.6) is 0 Å². The Morgan fingerprint density at radius 3 is 2.38 bits per heavy atom. The van der Waals surface area contributed by atoms with Gasteiger partial charge in [-0.05, 0) is 20.4 Å². The highest BCUT2D eigenvalue weighted by atomic mass is 16.2. The van der Waals surface area contributed by atoms with Crippen molar-refractivity contribution in [1.29, 1.82) is 0 Å². The summed E-state index contributed by atoms with van der Waals surface area (Å²) in [5.41, 5.74) is 4.53. The lowest BCUT2D eigenvalue weighted by molar-refractivity contribution is -0.126. The number of amides is 2.